The van der Waals surface area contributed by atoms with Crippen molar-refractivity contribution >= 4 is 29.6 Å². The topological polar surface area (TPSA) is 97.0 Å². The third-order valence-electron chi connectivity index (χ3n) is 5.34. The van der Waals surface area contributed by atoms with Crippen molar-refractivity contribution in [2.75, 3.05) is 19.0 Å². The Hall–Kier alpha value is -3.20. The van der Waals surface area contributed by atoms with Crippen LogP contribution in [0.4, 0.5) is 4.79 Å². The van der Waals surface area contributed by atoms with Crippen LogP contribution in [0, 0.1) is 0 Å². The number of nitrogens with one attached hydrogen (secondary N) is 2. The van der Waals surface area contributed by atoms with Gasteiger partial charge in [-0.1, -0.05) is 30.3 Å². The Balaban J connectivity index is 1.31. The number of imide groups is 1. The maximum Gasteiger partial charge on any atom is 0.344 e. The molecule has 4 amide bonds. The van der Waals surface area contributed by atoms with Gasteiger partial charge in [0.05, 0.1) is 19.0 Å². The molecule has 2 aromatic carbocycles. The summed E-state index contributed by atoms with van der Waals surface area (Å²) in [4.78, 5) is 38.5. The van der Waals surface area contributed by atoms with E-state index in [0.717, 1.165) is 21.9 Å². The summed E-state index contributed by atoms with van der Waals surface area (Å²) in [6.45, 7) is 2.86. The van der Waals surface area contributed by atoms with Gasteiger partial charge < -0.3 is 14.8 Å². The van der Waals surface area contributed by atoms with E-state index in [1.165, 1.54) is 11.8 Å². The van der Waals surface area contributed by atoms with E-state index in [2.05, 4.69) is 10.7 Å². The second-order valence-corrected chi connectivity index (χ2v) is 8.92. The highest BCUT2D eigenvalue weighted by Crippen LogP contribution is 2.33. The van der Waals surface area contributed by atoms with Crippen LogP contribution in [0.15, 0.2) is 53.4 Å². The monoisotopic (exact) mass is 455 g/mol. The molecule has 2 N–H and O–H groups in total. The van der Waals surface area contributed by atoms with Gasteiger partial charge in [0.1, 0.15) is 5.54 Å². The molecule has 2 heterocycles. The summed E-state index contributed by atoms with van der Waals surface area (Å²) in [5, 5.41) is 3.48. The van der Waals surface area contributed by atoms with Crippen molar-refractivity contribution < 1.29 is 23.9 Å². The van der Waals surface area contributed by atoms with Crippen LogP contribution in [0.2, 0.25) is 0 Å². The number of thioether (sulfide) groups is 1. The fourth-order valence-electron chi connectivity index (χ4n) is 3.53. The zero-order valence-electron chi connectivity index (χ0n) is 17.8. The van der Waals surface area contributed by atoms with Gasteiger partial charge >= 0.3 is 6.03 Å². The molecule has 2 aliphatic heterocycles. The largest absolute Gasteiger partial charge is 0.490 e. The molecule has 0 saturated carbocycles. The summed E-state index contributed by atoms with van der Waals surface area (Å²) in [5.41, 5.74) is 2.44. The Bertz CT molecular complexity index is 1020. The smallest absolute Gasteiger partial charge is 0.344 e. The second-order valence-electron chi connectivity index (χ2n) is 7.87. The fraction of sp³-hybridized carbons (Fsp3) is 0.348. The molecule has 1 saturated heterocycles. The second kappa shape index (κ2) is 9.52. The lowest BCUT2D eigenvalue weighted by atomic mass is 9.93. The number of hydrazine groups is 1. The lowest BCUT2D eigenvalue weighted by Crippen LogP contribution is -2.49. The van der Waals surface area contributed by atoms with Crippen molar-refractivity contribution in [3.63, 3.8) is 0 Å². The van der Waals surface area contributed by atoms with Crippen LogP contribution in [0.1, 0.15) is 25.3 Å². The van der Waals surface area contributed by atoms with E-state index < -0.39 is 23.4 Å². The summed E-state index contributed by atoms with van der Waals surface area (Å²) in [6, 6.07) is 14.6. The van der Waals surface area contributed by atoms with Crippen LogP contribution >= 0.6 is 11.8 Å². The van der Waals surface area contributed by atoms with Crippen LogP contribution in [0.25, 0.3) is 0 Å². The van der Waals surface area contributed by atoms with Crippen molar-refractivity contribution in [2.24, 2.45) is 0 Å². The number of carbonyl (C=O) groups excluding carboxylic acids is 3. The minimum absolute atomic E-state index is 0.0391. The van der Waals surface area contributed by atoms with E-state index in [1.807, 2.05) is 48.5 Å². The van der Waals surface area contributed by atoms with E-state index in [4.69, 9.17) is 9.47 Å². The van der Waals surface area contributed by atoms with Gasteiger partial charge in [-0.15, -0.1) is 11.8 Å². The average molecular weight is 456 g/mol. The van der Waals surface area contributed by atoms with Crippen LogP contribution in [-0.4, -0.2) is 47.4 Å². The Morgan fingerprint density at radius 3 is 2.66 bits per heavy atom. The zero-order valence-corrected chi connectivity index (χ0v) is 18.6. The number of ether oxygens (including phenoxy) is 2. The molecular formula is C23H25N3O5S. The molecule has 0 unspecified atom stereocenters. The molecule has 9 heteroatoms. The summed E-state index contributed by atoms with van der Waals surface area (Å²) in [5.74, 6) is 0.462. The van der Waals surface area contributed by atoms with Gasteiger partial charge in [0, 0.05) is 11.3 Å². The molecule has 0 radical (unpaired) electrons. The minimum atomic E-state index is -1.07. The predicted molar refractivity (Wildman–Crippen MR) is 119 cm³/mol. The van der Waals surface area contributed by atoms with Crippen molar-refractivity contribution in [3.8, 4) is 11.5 Å². The van der Waals surface area contributed by atoms with Crippen molar-refractivity contribution in [1.29, 1.82) is 0 Å². The van der Waals surface area contributed by atoms with Crippen LogP contribution in [0.3, 0.4) is 0 Å². The Morgan fingerprint density at radius 2 is 1.88 bits per heavy atom. The number of hydrogen-bond acceptors (Lipinski definition) is 6. The summed E-state index contributed by atoms with van der Waals surface area (Å²) < 4.78 is 11.3. The normalized spacial score (nSPS) is 20.0. The van der Waals surface area contributed by atoms with Gasteiger partial charge in [0.25, 0.3) is 5.91 Å². The van der Waals surface area contributed by atoms with E-state index in [9.17, 15) is 14.4 Å². The quantitative estimate of drug-likeness (QED) is 0.492. The van der Waals surface area contributed by atoms with Crippen LogP contribution in [0.5, 0.6) is 11.5 Å². The number of nitrogens with zero attached hydrogens (tertiary/aromatic N) is 1. The molecule has 32 heavy (non-hydrogen) atoms. The van der Waals surface area contributed by atoms with Crippen molar-refractivity contribution in [1.82, 2.24) is 15.8 Å². The highest BCUT2D eigenvalue weighted by Gasteiger charge is 2.48. The van der Waals surface area contributed by atoms with Gasteiger partial charge in [0.2, 0.25) is 5.91 Å². The fourth-order valence-corrected chi connectivity index (χ4v) is 4.25. The maximum atomic E-state index is 12.9. The molecule has 2 aromatic rings. The van der Waals surface area contributed by atoms with Gasteiger partial charge in [0.15, 0.2) is 11.5 Å². The van der Waals surface area contributed by atoms with E-state index in [0.29, 0.717) is 37.6 Å². The lowest BCUT2D eigenvalue weighted by Gasteiger charge is -2.21. The highest BCUT2D eigenvalue weighted by atomic mass is 32.2. The Labute approximate surface area is 190 Å². The highest BCUT2D eigenvalue weighted by molar-refractivity contribution is 8.00. The van der Waals surface area contributed by atoms with Crippen LogP contribution in [-0.2, 0) is 16.0 Å². The average Bonchev–Trinajstić information content (AvgIpc) is 2.96. The molecule has 1 fully saturated rings. The molecule has 0 aliphatic carbocycles. The predicted octanol–water partition coefficient (Wildman–Crippen LogP) is 2.91. The first-order valence-corrected chi connectivity index (χ1v) is 11.5. The van der Waals surface area contributed by atoms with Gasteiger partial charge in [-0.25, -0.2) is 4.79 Å². The molecule has 0 aromatic heterocycles. The number of amides is 4. The Morgan fingerprint density at radius 1 is 1.12 bits per heavy atom. The first kappa shape index (κ1) is 22.0. The summed E-state index contributed by atoms with van der Waals surface area (Å²) >= 11 is 1.28. The third-order valence-corrected chi connectivity index (χ3v) is 6.34. The SMILES string of the molecule is C[C@]1(CCc2ccccc2)NC(=O)N(NC(=O)CSc2ccc3c(c2)OCCCO3)C1=O. The van der Waals surface area contributed by atoms with Crippen LogP contribution < -0.4 is 20.2 Å². The van der Waals surface area contributed by atoms with Gasteiger partial charge in [-0.3, -0.25) is 15.0 Å². The number of carbonyl (C=O) groups is 3. The zero-order chi connectivity index (χ0) is 22.6. The van der Waals surface area contributed by atoms with E-state index in [-0.39, 0.29) is 5.75 Å². The van der Waals surface area contributed by atoms with E-state index in [1.54, 1.807) is 6.92 Å². The number of benzene rings is 2. The summed E-state index contributed by atoms with van der Waals surface area (Å²) in [6.07, 6.45) is 1.88. The number of fused-ring (bicyclic) bond motifs is 1. The minimum Gasteiger partial charge on any atom is -0.490 e. The number of hydrogen-bond donors (Lipinski definition) is 2. The van der Waals surface area contributed by atoms with E-state index >= 15 is 0 Å². The molecule has 4 rings (SSSR count). The third kappa shape index (κ3) is 4.99. The molecule has 2 aliphatic rings. The lowest BCUT2D eigenvalue weighted by molar-refractivity contribution is -0.138. The molecule has 168 valence electrons. The molecule has 1 atom stereocenters. The van der Waals surface area contributed by atoms with Crippen molar-refractivity contribution in [3.05, 3.63) is 54.1 Å². The molecule has 8 nitrogen and oxygen atoms in total. The first-order valence-electron chi connectivity index (χ1n) is 10.5. The summed E-state index contributed by atoms with van der Waals surface area (Å²) in [7, 11) is 0. The van der Waals surface area contributed by atoms with Gasteiger partial charge in [-0.2, -0.15) is 5.01 Å². The van der Waals surface area contributed by atoms with Crippen molar-refractivity contribution in [2.45, 2.75) is 36.6 Å². The molecular weight excluding hydrogens is 430 g/mol. The maximum absolute atomic E-state index is 12.9. The standard InChI is InChI=1S/C23H25N3O5S/c1-23(11-10-16-6-3-2-4-7-16)21(28)26(22(29)24-23)25-20(27)15-32-17-8-9-18-19(14-17)31-13-5-12-30-18/h2-4,6-9,14H,5,10-13,15H2,1H3,(H,24,29)(H,25,27)/t23-/m1/s1. The number of rotatable bonds is 7. The van der Waals surface area contributed by atoms with Gasteiger partial charge in [-0.05, 0) is 43.5 Å². The first-order chi connectivity index (χ1) is 15.4. The Kier molecular flexibility index (Phi) is 6.55. The number of urea groups is 1. The number of aryl methyl sites for hydroxylation is 1. The molecule has 0 bridgehead atoms. The molecule has 0 spiro atoms.